The van der Waals surface area contributed by atoms with Crippen molar-refractivity contribution < 1.29 is 19.1 Å². The lowest BCUT2D eigenvalue weighted by molar-refractivity contribution is -0.140. The summed E-state index contributed by atoms with van der Waals surface area (Å²) < 4.78 is 10.1. The average molecular weight is 391 g/mol. The fourth-order valence-electron chi connectivity index (χ4n) is 1.89. The first-order valence-electron chi connectivity index (χ1n) is 7.71. The van der Waals surface area contributed by atoms with Gasteiger partial charge in [0.2, 0.25) is 0 Å². The Morgan fingerprint density at radius 3 is 1.50 bits per heavy atom. The maximum absolute atomic E-state index is 11.6. The number of halogens is 2. The van der Waals surface area contributed by atoms with E-state index in [1.807, 2.05) is 12.1 Å². The topological polar surface area (TPSA) is 52.6 Å². The second kappa shape index (κ2) is 10.4. The number of carbonyl (C=O) groups excluding carboxylic acids is 2. The summed E-state index contributed by atoms with van der Waals surface area (Å²) in [6.45, 7) is 0.152. The van der Waals surface area contributed by atoms with Gasteiger partial charge in [-0.2, -0.15) is 0 Å². The first kappa shape index (κ1) is 19.8. The van der Waals surface area contributed by atoms with Crippen molar-refractivity contribution >= 4 is 35.1 Å². The Labute approximate surface area is 161 Å². The molecule has 0 aliphatic rings. The lowest BCUT2D eigenvalue weighted by Crippen LogP contribution is -2.01. The number of carbonyl (C=O) groups is 2. The van der Waals surface area contributed by atoms with Crippen molar-refractivity contribution in [1.29, 1.82) is 0 Å². The van der Waals surface area contributed by atoms with E-state index in [-0.39, 0.29) is 13.2 Å². The first-order chi connectivity index (χ1) is 12.6. The third-order valence-corrected chi connectivity index (χ3v) is 3.97. The molecular weight excluding hydrogens is 375 g/mol. The van der Waals surface area contributed by atoms with Crippen LogP contribution in [-0.2, 0) is 32.3 Å². The molecule has 2 rings (SSSR count). The van der Waals surface area contributed by atoms with Gasteiger partial charge >= 0.3 is 11.9 Å². The highest BCUT2D eigenvalue weighted by Crippen LogP contribution is 2.16. The van der Waals surface area contributed by atoms with Gasteiger partial charge in [-0.25, -0.2) is 9.59 Å². The van der Waals surface area contributed by atoms with Crippen LogP contribution in [-0.4, -0.2) is 11.9 Å². The van der Waals surface area contributed by atoms with Gasteiger partial charge in [-0.3, -0.25) is 0 Å². The van der Waals surface area contributed by atoms with Crippen LogP contribution < -0.4 is 0 Å². The number of allylic oxidation sites excluding steroid dienone is 2. The molecule has 0 unspecified atom stereocenters. The summed E-state index contributed by atoms with van der Waals surface area (Å²) in [5, 5.41) is 1.07. The van der Waals surface area contributed by atoms with E-state index in [4.69, 9.17) is 32.7 Å². The van der Waals surface area contributed by atoms with Crippen LogP contribution >= 0.6 is 23.2 Å². The van der Waals surface area contributed by atoms with Gasteiger partial charge in [0.05, 0.1) is 0 Å². The minimum atomic E-state index is -0.543. The van der Waals surface area contributed by atoms with Crippen LogP contribution in [0.25, 0.3) is 0 Å². The zero-order valence-electron chi connectivity index (χ0n) is 13.7. The van der Waals surface area contributed by atoms with Crippen molar-refractivity contribution in [2.75, 3.05) is 0 Å². The molecule has 0 radical (unpaired) electrons. The Hall–Kier alpha value is -2.56. The molecule has 0 heterocycles. The van der Waals surface area contributed by atoms with E-state index >= 15 is 0 Å². The van der Waals surface area contributed by atoms with Gasteiger partial charge in [-0.15, -0.1) is 0 Å². The van der Waals surface area contributed by atoms with Crippen LogP contribution in [0.1, 0.15) is 11.1 Å². The predicted octanol–water partition coefficient (Wildman–Crippen LogP) is 4.89. The molecule has 2 aromatic rings. The summed E-state index contributed by atoms with van der Waals surface area (Å²) in [7, 11) is 0. The van der Waals surface area contributed by atoms with Crippen LogP contribution in [0.15, 0.2) is 72.8 Å². The quantitative estimate of drug-likeness (QED) is 0.383. The van der Waals surface area contributed by atoms with Gasteiger partial charge in [0.1, 0.15) is 13.2 Å². The molecule has 0 N–H and O–H groups in total. The number of benzene rings is 2. The largest absolute Gasteiger partial charge is 0.458 e. The van der Waals surface area contributed by atoms with Gasteiger partial charge in [0, 0.05) is 33.3 Å². The molecule has 0 aliphatic heterocycles. The highest BCUT2D eigenvalue weighted by Gasteiger charge is 2.03. The number of hydrogen-bond acceptors (Lipinski definition) is 4. The predicted molar refractivity (Wildman–Crippen MR) is 101 cm³/mol. The normalized spacial score (nSPS) is 11.0. The summed E-state index contributed by atoms with van der Waals surface area (Å²) in [6.07, 6.45) is 5.20. The molecule has 134 valence electrons. The van der Waals surface area contributed by atoms with Crippen molar-refractivity contribution in [2.45, 2.75) is 13.2 Å². The van der Waals surface area contributed by atoms with Gasteiger partial charge in [-0.1, -0.05) is 71.8 Å². The minimum Gasteiger partial charge on any atom is -0.458 e. The molecule has 0 fully saturated rings. The molecule has 0 bridgehead atoms. The van der Waals surface area contributed by atoms with Crippen molar-refractivity contribution in [3.8, 4) is 0 Å². The van der Waals surface area contributed by atoms with Gasteiger partial charge in [0.25, 0.3) is 0 Å². The molecule has 0 spiro atoms. The highest BCUT2D eigenvalue weighted by molar-refractivity contribution is 6.31. The Balaban J connectivity index is 1.72. The summed E-state index contributed by atoms with van der Waals surface area (Å²) in [5.41, 5.74) is 1.43. The van der Waals surface area contributed by atoms with Gasteiger partial charge in [0.15, 0.2) is 0 Å². The molecule has 0 saturated heterocycles. The molecule has 0 aromatic heterocycles. The fourth-order valence-corrected chi connectivity index (χ4v) is 2.27. The summed E-state index contributed by atoms with van der Waals surface area (Å²) in [6, 6.07) is 14.2. The van der Waals surface area contributed by atoms with E-state index in [1.54, 1.807) is 36.4 Å². The Morgan fingerprint density at radius 2 is 1.12 bits per heavy atom. The summed E-state index contributed by atoms with van der Waals surface area (Å²) >= 11 is 11.9. The highest BCUT2D eigenvalue weighted by atomic mass is 35.5. The molecule has 26 heavy (non-hydrogen) atoms. The Kier molecular flexibility index (Phi) is 7.93. The smallest absolute Gasteiger partial charge is 0.331 e. The number of hydrogen-bond donors (Lipinski definition) is 0. The van der Waals surface area contributed by atoms with E-state index in [1.165, 1.54) is 24.3 Å². The fraction of sp³-hybridized carbons (Fsp3) is 0.100. The van der Waals surface area contributed by atoms with E-state index in [0.717, 1.165) is 11.1 Å². The molecule has 2 aromatic carbocycles. The first-order valence-corrected chi connectivity index (χ1v) is 8.47. The maximum atomic E-state index is 11.6. The number of esters is 2. The van der Waals surface area contributed by atoms with E-state index < -0.39 is 11.9 Å². The molecule has 0 atom stereocenters. The van der Waals surface area contributed by atoms with Crippen molar-refractivity contribution in [3.05, 3.63) is 94.0 Å². The molecular formula is C20H16Cl2O4. The molecule has 0 aliphatic carbocycles. The van der Waals surface area contributed by atoms with Gasteiger partial charge in [-0.05, 0) is 12.1 Å². The van der Waals surface area contributed by atoms with Crippen LogP contribution in [0.2, 0.25) is 10.0 Å². The monoisotopic (exact) mass is 390 g/mol. The van der Waals surface area contributed by atoms with Gasteiger partial charge < -0.3 is 9.47 Å². The van der Waals surface area contributed by atoms with E-state index in [9.17, 15) is 9.59 Å². The minimum absolute atomic E-state index is 0.0758. The standard InChI is InChI=1S/C20H16Cl2O4/c21-17-9-3-1-7-15(17)13-25-19(23)11-5-6-12-20(24)26-14-16-8-2-4-10-18(16)22/h1-12H,13-14H2/b11-5-,12-6-. The summed E-state index contributed by atoms with van der Waals surface area (Å²) in [5.74, 6) is -1.09. The lowest BCUT2D eigenvalue weighted by Gasteiger charge is -2.04. The molecule has 6 heteroatoms. The number of rotatable bonds is 7. The average Bonchev–Trinajstić information content (AvgIpc) is 2.64. The Bertz CT molecular complexity index is 759. The Morgan fingerprint density at radius 1 is 0.731 bits per heavy atom. The van der Waals surface area contributed by atoms with E-state index in [2.05, 4.69) is 0 Å². The summed E-state index contributed by atoms with van der Waals surface area (Å²) in [4.78, 5) is 23.2. The van der Waals surface area contributed by atoms with Crippen molar-refractivity contribution in [2.24, 2.45) is 0 Å². The molecule has 0 amide bonds. The zero-order chi connectivity index (χ0) is 18.8. The third-order valence-electron chi connectivity index (χ3n) is 3.23. The van der Waals surface area contributed by atoms with Crippen LogP contribution in [0.4, 0.5) is 0 Å². The van der Waals surface area contributed by atoms with Crippen molar-refractivity contribution in [3.63, 3.8) is 0 Å². The second-order valence-electron chi connectivity index (χ2n) is 5.12. The molecule has 0 saturated carbocycles. The van der Waals surface area contributed by atoms with Crippen LogP contribution in [0, 0.1) is 0 Å². The lowest BCUT2D eigenvalue weighted by atomic mass is 10.2. The second-order valence-corrected chi connectivity index (χ2v) is 5.93. The van der Waals surface area contributed by atoms with Crippen LogP contribution in [0.3, 0.4) is 0 Å². The number of ether oxygens (including phenoxy) is 2. The SMILES string of the molecule is O=C(/C=C\C=C/C(=O)OCc1ccccc1Cl)OCc1ccccc1Cl. The third kappa shape index (κ3) is 6.75. The molecule has 4 nitrogen and oxygen atoms in total. The van der Waals surface area contributed by atoms with E-state index in [0.29, 0.717) is 10.0 Å². The maximum Gasteiger partial charge on any atom is 0.331 e. The van der Waals surface area contributed by atoms with Crippen LogP contribution in [0.5, 0.6) is 0 Å². The zero-order valence-corrected chi connectivity index (χ0v) is 15.2. The van der Waals surface area contributed by atoms with Crippen molar-refractivity contribution in [1.82, 2.24) is 0 Å².